The number of esters is 2. The molecular formula is C54H93NO7. The maximum absolute atomic E-state index is 12.8. The van der Waals surface area contributed by atoms with E-state index in [0.29, 0.717) is 12.8 Å². The third-order valence-corrected chi connectivity index (χ3v) is 10.9. The number of ether oxygens (including phenoxy) is 3. The largest absolute Gasteiger partial charge is 0.544 e. The molecular weight excluding hydrogens is 775 g/mol. The highest BCUT2D eigenvalue weighted by atomic mass is 16.6. The number of carboxylic acid groups (broad SMARTS) is 1. The van der Waals surface area contributed by atoms with Gasteiger partial charge in [-0.25, -0.2) is 0 Å². The number of nitrogens with zero attached hydrogens (tertiary/aromatic N) is 1. The van der Waals surface area contributed by atoms with Gasteiger partial charge in [-0.05, 0) is 64.2 Å². The van der Waals surface area contributed by atoms with Crippen molar-refractivity contribution in [3.05, 3.63) is 72.9 Å². The quantitative estimate of drug-likeness (QED) is 0.0198. The van der Waals surface area contributed by atoms with Crippen LogP contribution in [0.4, 0.5) is 0 Å². The molecule has 0 N–H and O–H groups in total. The molecule has 0 heterocycles. The number of rotatable bonds is 44. The zero-order valence-corrected chi connectivity index (χ0v) is 40.5. The number of carbonyl (C=O) groups excluding carboxylic acids is 3. The van der Waals surface area contributed by atoms with E-state index in [1.807, 2.05) is 0 Å². The summed E-state index contributed by atoms with van der Waals surface area (Å²) in [5.41, 5.74) is 0. The van der Waals surface area contributed by atoms with E-state index < -0.39 is 18.1 Å². The molecule has 0 aliphatic heterocycles. The van der Waals surface area contributed by atoms with Gasteiger partial charge in [-0.1, -0.05) is 189 Å². The van der Waals surface area contributed by atoms with Gasteiger partial charge in [0.15, 0.2) is 6.10 Å². The average molecular weight is 868 g/mol. The highest BCUT2D eigenvalue weighted by Crippen LogP contribution is 2.15. The van der Waals surface area contributed by atoms with E-state index in [9.17, 15) is 19.5 Å². The molecule has 0 saturated carbocycles. The highest BCUT2D eigenvalue weighted by Gasteiger charge is 2.25. The normalized spacial score (nSPS) is 13.5. The minimum absolute atomic E-state index is 0.0342. The first-order chi connectivity index (χ1) is 30.1. The van der Waals surface area contributed by atoms with Crippen molar-refractivity contribution in [2.24, 2.45) is 0 Å². The zero-order valence-electron chi connectivity index (χ0n) is 40.5. The molecule has 0 aliphatic rings. The predicted molar refractivity (Wildman–Crippen MR) is 259 cm³/mol. The van der Waals surface area contributed by atoms with E-state index in [1.165, 1.54) is 96.3 Å². The standard InChI is InChI=1S/C54H93NO7/c1-6-8-10-12-14-16-18-20-22-23-24-25-26-27-28-29-31-33-35-37-39-41-43-45-53(57)62-50(48-60-47-46-51(54(58)59)55(3,4)5)49-61-52(56)44-42-40-38-36-34-32-30-21-19-17-15-13-11-9-7-2/h8-11,13-17,19-20,22,50-51H,6-7,12,18,21,23-49H2,1-5H3/b10-8+,11-9+,15-13+,16-14+,19-17+,22-20+. The summed E-state index contributed by atoms with van der Waals surface area (Å²) in [6.07, 6.45) is 56.5. The van der Waals surface area contributed by atoms with Crippen LogP contribution in [0.15, 0.2) is 72.9 Å². The first kappa shape index (κ1) is 58.8. The molecule has 0 amide bonds. The second-order valence-electron chi connectivity index (χ2n) is 17.7. The molecule has 8 nitrogen and oxygen atoms in total. The summed E-state index contributed by atoms with van der Waals surface area (Å²) < 4.78 is 17.2. The Hall–Kier alpha value is -3.23. The molecule has 2 atom stereocenters. The molecule has 0 bridgehead atoms. The van der Waals surface area contributed by atoms with Gasteiger partial charge in [0.25, 0.3) is 0 Å². The Balaban J connectivity index is 4.23. The smallest absolute Gasteiger partial charge is 0.306 e. The molecule has 0 saturated heterocycles. The van der Waals surface area contributed by atoms with Gasteiger partial charge in [0, 0.05) is 19.3 Å². The molecule has 0 aromatic heterocycles. The van der Waals surface area contributed by atoms with Crippen LogP contribution in [0.1, 0.15) is 200 Å². The number of allylic oxidation sites excluding steroid dienone is 12. The van der Waals surface area contributed by atoms with Gasteiger partial charge in [0.1, 0.15) is 12.6 Å². The fourth-order valence-electron chi connectivity index (χ4n) is 7.09. The lowest BCUT2D eigenvalue weighted by Gasteiger charge is -2.34. The SMILES string of the molecule is CC/C=C/C=C/C=C/CCCCCCCCCC(=O)OCC(COCCC(C(=O)[O-])[N+](C)(C)C)OC(=O)CCCCCCCCCCCCCCC/C=C/C/C=C/C/C=C/CC. The van der Waals surface area contributed by atoms with E-state index in [1.54, 1.807) is 21.1 Å². The Morgan fingerprint density at radius 1 is 0.500 bits per heavy atom. The molecule has 62 heavy (non-hydrogen) atoms. The van der Waals surface area contributed by atoms with E-state index in [2.05, 4.69) is 86.8 Å². The Morgan fingerprint density at radius 2 is 0.935 bits per heavy atom. The van der Waals surface area contributed by atoms with Gasteiger partial charge >= 0.3 is 11.9 Å². The van der Waals surface area contributed by atoms with Gasteiger partial charge in [-0.15, -0.1) is 0 Å². The van der Waals surface area contributed by atoms with Gasteiger partial charge < -0.3 is 28.6 Å². The van der Waals surface area contributed by atoms with Gasteiger partial charge in [-0.2, -0.15) is 0 Å². The number of carbonyl (C=O) groups is 3. The molecule has 2 unspecified atom stereocenters. The number of carboxylic acids is 1. The van der Waals surface area contributed by atoms with Crippen LogP contribution in [0.3, 0.4) is 0 Å². The Morgan fingerprint density at radius 3 is 1.44 bits per heavy atom. The molecule has 8 heteroatoms. The maximum atomic E-state index is 12.8. The van der Waals surface area contributed by atoms with Crippen molar-refractivity contribution in [2.75, 3.05) is 41.0 Å². The zero-order chi connectivity index (χ0) is 45.6. The molecule has 0 radical (unpaired) electrons. The second-order valence-corrected chi connectivity index (χ2v) is 17.7. The van der Waals surface area contributed by atoms with Crippen molar-refractivity contribution in [1.82, 2.24) is 0 Å². The van der Waals surface area contributed by atoms with E-state index in [4.69, 9.17) is 14.2 Å². The number of hydrogen-bond acceptors (Lipinski definition) is 7. The summed E-state index contributed by atoms with van der Waals surface area (Å²) in [6.45, 7) is 4.42. The minimum Gasteiger partial charge on any atom is -0.544 e. The van der Waals surface area contributed by atoms with Crippen molar-refractivity contribution in [3.63, 3.8) is 0 Å². The average Bonchev–Trinajstić information content (AvgIpc) is 3.23. The fraction of sp³-hybridized carbons (Fsp3) is 0.722. The van der Waals surface area contributed by atoms with Crippen molar-refractivity contribution in [2.45, 2.75) is 212 Å². The number of quaternary nitrogens is 1. The fourth-order valence-corrected chi connectivity index (χ4v) is 7.09. The molecule has 0 rings (SSSR count). The highest BCUT2D eigenvalue weighted by molar-refractivity contribution is 5.70. The lowest BCUT2D eigenvalue weighted by Crippen LogP contribution is -2.55. The van der Waals surface area contributed by atoms with Gasteiger partial charge in [0.2, 0.25) is 0 Å². The van der Waals surface area contributed by atoms with Crippen molar-refractivity contribution >= 4 is 17.9 Å². The van der Waals surface area contributed by atoms with E-state index >= 15 is 0 Å². The topological polar surface area (TPSA) is 102 Å². The molecule has 0 aromatic rings. The van der Waals surface area contributed by atoms with Crippen molar-refractivity contribution < 1.29 is 38.2 Å². The van der Waals surface area contributed by atoms with Gasteiger partial charge in [0.05, 0.1) is 40.3 Å². The van der Waals surface area contributed by atoms with Crippen LogP contribution in [-0.2, 0) is 28.6 Å². The summed E-state index contributed by atoms with van der Waals surface area (Å²) in [4.78, 5) is 37.0. The molecule has 0 fully saturated rings. The van der Waals surface area contributed by atoms with E-state index in [-0.39, 0.29) is 42.7 Å². The monoisotopic (exact) mass is 868 g/mol. The molecule has 356 valence electrons. The van der Waals surface area contributed by atoms with Crippen LogP contribution in [0.5, 0.6) is 0 Å². The number of unbranched alkanes of at least 4 members (excludes halogenated alkanes) is 20. The van der Waals surface area contributed by atoms with Crippen LogP contribution in [0.2, 0.25) is 0 Å². The summed E-state index contributed by atoms with van der Waals surface area (Å²) in [7, 11) is 5.41. The second kappa shape index (κ2) is 44.4. The Kier molecular flexibility index (Phi) is 42.1. The Labute approximate surface area is 381 Å². The van der Waals surface area contributed by atoms with Crippen LogP contribution >= 0.6 is 0 Å². The van der Waals surface area contributed by atoms with Crippen LogP contribution in [0, 0.1) is 0 Å². The van der Waals surface area contributed by atoms with E-state index in [0.717, 1.165) is 70.6 Å². The molecule has 0 aromatic carbocycles. The van der Waals surface area contributed by atoms with Crippen molar-refractivity contribution in [1.29, 1.82) is 0 Å². The van der Waals surface area contributed by atoms with Crippen LogP contribution in [-0.4, -0.2) is 75.5 Å². The lowest BCUT2D eigenvalue weighted by molar-refractivity contribution is -0.889. The number of hydrogen-bond donors (Lipinski definition) is 0. The van der Waals surface area contributed by atoms with Crippen molar-refractivity contribution in [3.8, 4) is 0 Å². The van der Waals surface area contributed by atoms with Gasteiger partial charge in [-0.3, -0.25) is 9.59 Å². The summed E-state index contributed by atoms with van der Waals surface area (Å²) in [5, 5.41) is 11.7. The first-order valence-corrected chi connectivity index (χ1v) is 25.0. The summed E-state index contributed by atoms with van der Waals surface area (Å²) in [6, 6.07) is -0.731. The minimum atomic E-state index is -1.13. The predicted octanol–water partition coefficient (Wildman–Crippen LogP) is 13.0. The summed E-state index contributed by atoms with van der Waals surface area (Å²) >= 11 is 0. The third-order valence-electron chi connectivity index (χ3n) is 10.9. The van der Waals surface area contributed by atoms with Crippen LogP contribution < -0.4 is 5.11 Å². The summed E-state index contributed by atoms with van der Waals surface area (Å²) in [5.74, 6) is -1.75. The first-order valence-electron chi connectivity index (χ1n) is 25.0. The third kappa shape index (κ3) is 42.1. The van der Waals surface area contributed by atoms with Crippen LogP contribution in [0.25, 0.3) is 0 Å². The maximum Gasteiger partial charge on any atom is 0.306 e. The molecule has 0 aliphatic carbocycles. The Bertz CT molecular complexity index is 1240. The lowest BCUT2D eigenvalue weighted by atomic mass is 10.0. The molecule has 0 spiro atoms. The number of likely N-dealkylation sites (N-methyl/N-ethyl adjacent to an activating group) is 1. The number of aliphatic carboxylic acids is 1.